The summed E-state index contributed by atoms with van der Waals surface area (Å²) in [5, 5.41) is 2.74. The van der Waals surface area contributed by atoms with Gasteiger partial charge in [-0.2, -0.15) is 0 Å². The Morgan fingerprint density at radius 3 is 3.00 bits per heavy atom. The van der Waals surface area contributed by atoms with Gasteiger partial charge in [0.25, 0.3) is 0 Å². The van der Waals surface area contributed by atoms with Crippen LogP contribution < -0.4 is 5.73 Å². The molecule has 1 unspecified atom stereocenters. The van der Waals surface area contributed by atoms with Gasteiger partial charge in [-0.05, 0) is 78.1 Å². The Kier molecular flexibility index (Phi) is 3.88. The normalized spacial score (nSPS) is 19.6. The van der Waals surface area contributed by atoms with Gasteiger partial charge in [-0.25, -0.2) is 0 Å². The van der Waals surface area contributed by atoms with Gasteiger partial charge in [-0.3, -0.25) is 0 Å². The summed E-state index contributed by atoms with van der Waals surface area (Å²) in [6.45, 7) is 2.29. The van der Waals surface area contributed by atoms with Crippen molar-refractivity contribution in [2.24, 2.45) is 0 Å². The second kappa shape index (κ2) is 6.03. The second-order valence-electron chi connectivity index (χ2n) is 7.27. The summed E-state index contributed by atoms with van der Waals surface area (Å²) in [6, 6.07) is 7.01. The van der Waals surface area contributed by atoms with Gasteiger partial charge in [0.2, 0.25) is 0 Å². The number of fused-ring (bicyclic) bond motifs is 5. The van der Waals surface area contributed by atoms with E-state index >= 15 is 0 Å². The first-order chi connectivity index (χ1) is 11.3. The van der Waals surface area contributed by atoms with Crippen molar-refractivity contribution in [3.8, 4) is 0 Å². The molecular weight excluding hydrogens is 278 g/mol. The number of anilines is 1. The van der Waals surface area contributed by atoms with Crippen LogP contribution >= 0.6 is 0 Å². The summed E-state index contributed by atoms with van der Waals surface area (Å²) in [5.74, 6) is 0.745. The first kappa shape index (κ1) is 14.8. The Balaban J connectivity index is 1.91. The zero-order valence-electron chi connectivity index (χ0n) is 14.2. The zero-order chi connectivity index (χ0) is 15.8. The maximum absolute atomic E-state index is 6.53. The third kappa shape index (κ3) is 2.47. The molecule has 2 aliphatic rings. The third-order valence-corrected chi connectivity index (χ3v) is 5.79. The molecule has 2 N–H and O–H groups in total. The maximum Gasteiger partial charge on any atom is 0.0399 e. The van der Waals surface area contributed by atoms with Crippen molar-refractivity contribution in [1.29, 1.82) is 0 Å². The van der Waals surface area contributed by atoms with Gasteiger partial charge in [0.15, 0.2) is 0 Å². The molecule has 0 bridgehead atoms. The van der Waals surface area contributed by atoms with Gasteiger partial charge in [0, 0.05) is 11.1 Å². The van der Waals surface area contributed by atoms with Crippen LogP contribution in [-0.2, 0) is 12.8 Å². The largest absolute Gasteiger partial charge is 0.398 e. The molecule has 0 aromatic heterocycles. The fourth-order valence-electron chi connectivity index (χ4n) is 4.66. The molecule has 0 fully saturated rings. The van der Waals surface area contributed by atoms with Crippen LogP contribution in [0.25, 0.3) is 16.8 Å². The number of benzene rings is 2. The summed E-state index contributed by atoms with van der Waals surface area (Å²) < 4.78 is 0. The molecule has 120 valence electrons. The average molecular weight is 305 g/mol. The molecular formula is C22H27N. The van der Waals surface area contributed by atoms with Crippen LogP contribution in [0.4, 0.5) is 5.69 Å². The van der Waals surface area contributed by atoms with Crippen LogP contribution in [-0.4, -0.2) is 0 Å². The standard InChI is InChI=1S/C22H27N/c1-2-3-7-15-9-6-11-19-18(15)12-13-20-17-10-5-4-8-16(17)14-21(23)22(19)20/h5,10,12-15H,2-4,6-9,11,23H2,1H3. The van der Waals surface area contributed by atoms with Gasteiger partial charge >= 0.3 is 0 Å². The Bertz CT molecular complexity index is 769. The Morgan fingerprint density at radius 2 is 2.13 bits per heavy atom. The molecule has 0 spiro atoms. The molecule has 0 heterocycles. The number of nitrogen functional groups attached to an aromatic ring is 1. The minimum Gasteiger partial charge on any atom is -0.398 e. The molecule has 0 radical (unpaired) electrons. The van der Waals surface area contributed by atoms with Gasteiger partial charge in [-0.1, -0.05) is 44.1 Å². The van der Waals surface area contributed by atoms with E-state index in [1.54, 1.807) is 11.1 Å². The van der Waals surface area contributed by atoms with Crippen LogP contribution in [0, 0.1) is 0 Å². The highest BCUT2D eigenvalue weighted by molar-refractivity contribution is 6.02. The van der Waals surface area contributed by atoms with E-state index in [1.807, 2.05) is 0 Å². The molecule has 0 aliphatic heterocycles. The lowest BCUT2D eigenvalue weighted by atomic mass is 9.77. The fourth-order valence-corrected chi connectivity index (χ4v) is 4.66. The maximum atomic E-state index is 6.53. The Hall–Kier alpha value is -1.76. The van der Waals surface area contributed by atoms with Crippen molar-refractivity contribution in [3.05, 3.63) is 46.5 Å². The first-order valence-corrected chi connectivity index (χ1v) is 9.33. The van der Waals surface area contributed by atoms with Crippen molar-refractivity contribution in [2.45, 2.75) is 64.2 Å². The topological polar surface area (TPSA) is 26.0 Å². The predicted octanol–water partition coefficient (Wildman–Crippen LogP) is 5.99. The number of allylic oxidation sites excluding steroid dienone is 1. The monoisotopic (exact) mass is 305 g/mol. The lowest BCUT2D eigenvalue weighted by Gasteiger charge is -2.28. The quantitative estimate of drug-likeness (QED) is 0.692. The van der Waals surface area contributed by atoms with Gasteiger partial charge in [0.05, 0.1) is 0 Å². The Labute approximate surface area is 139 Å². The van der Waals surface area contributed by atoms with E-state index in [4.69, 9.17) is 5.73 Å². The minimum absolute atomic E-state index is 0.745. The SMILES string of the molecule is CCCCC1CCCc2c1ccc1c3c(cc(N)c21)CCC=C3. The molecule has 23 heavy (non-hydrogen) atoms. The van der Waals surface area contributed by atoms with Gasteiger partial charge < -0.3 is 5.73 Å². The smallest absolute Gasteiger partial charge is 0.0399 e. The van der Waals surface area contributed by atoms with E-state index in [0.717, 1.165) is 24.4 Å². The van der Waals surface area contributed by atoms with E-state index in [1.165, 1.54) is 60.4 Å². The highest BCUT2D eigenvalue weighted by Crippen LogP contribution is 2.42. The molecule has 0 saturated carbocycles. The molecule has 2 aromatic rings. The lowest BCUT2D eigenvalue weighted by molar-refractivity contribution is 0.503. The van der Waals surface area contributed by atoms with E-state index in [-0.39, 0.29) is 0 Å². The molecule has 1 heteroatoms. The van der Waals surface area contributed by atoms with Crippen LogP contribution in [0.15, 0.2) is 24.3 Å². The first-order valence-electron chi connectivity index (χ1n) is 9.33. The van der Waals surface area contributed by atoms with Crippen molar-refractivity contribution in [1.82, 2.24) is 0 Å². The van der Waals surface area contributed by atoms with Crippen molar-refractivity contribution in [3.63, 3.8) is 0 Å². The van der Waals surface area contributed by atoms with E-state index < -0.39 is 0 Å². The molecule has 0 saturated heterocycles. The van der Waals surface area contributed by atoms with Crippen molar-refractivity contribution < 1.29 is 0 Å². The third-order valence-electron chi connectivity index (χ3n) is 5.79. The zero-order valence-corrected chi connectivity index (χ0v) is 14.2. The second-order valence-corrected chi connectivity index (χ2v) is 7.27. The number of nitrogens with two attached hydrogens (primary N) is 1. The minimum atomic E-state index is 0.745. The highest BCUT2D eigenvalue weighted by Gasteiger charge is 2.23. The lowest BCUT2D eigenvalue weighted by Crippen LogP contribution is -2.12. The molecule has 1 atom stereocenters. The summed E-state index contributed by atoms with van der Waals surface area (Å²) in [7, 11) is 0. The summed E-state index contributed by atoms with van der Waals surface area (Å²) >= 11 is 0. The van der Waals surface area contributed by atoms with E-state index in [2.05, 4.69) is 37.3 Å². The van der Waals surface area contributed by atoms with Gasteiger partial charge in [0.1, 0.15) is 0 Å². The molecule has 2 aromatic carbocycles. The molecule has 2 aliphatic carbocycles. The Morgan fingerprint density at radius 1 is 1.22 bits per heavy atom. The van der Waals surface area contributed by atoms with E-state index in [9.17, 15) is 0 Å². The van der Waals surface area contributed by atoms with Crippen LogP contribution in [0.2, 0.25) is 0 Å². The van der Waals surface area contributed by atoms with Gasteiger partial charge in [-0.15, -0.1) is 0 Å². The number of hydrogen-bond donors (Lipinski definition) is 1. The number of unbranched alkanes of at least 4 members (excludes halogenated alkanes) is 1. The van der Waals surface area contributed by atoms with Crippen molar-refractivity contribution in [2.75, 3.05) is 5.73 Å². The number of rotatable bonds is 3. The van der Waals surface area contributed by atoms with Crippen molar-refractivity contribution >= 4 is 22.5 Å². The molecule has 4 rings (SSSR count). The average Bonchev–Trinajstić information content (AvgIpc) is 2.59. The number of aryl methyl sites for hydroxylation is 2. The van der Waals surface area contributed by atoms with E-state index in [0.29, 0.717) is 0 Å². The summed E-state index contributed by atoms with van der Waals surface area (Å²) in [5.41, 5.74) is 13.5. The van der Waals surface area contributed by atoms with Crippen LogP contribution in [0.5, 0.6) is 0 Å². The predicted molar refractivity (Wildman–Crippen MR) is 101 cm³/mol. The summed E-state index contributed by atoms with van der Waals surface area (Å²) in [6.07, 6.45) is 14.7. The van der Waals surface area contributed by atoms with Crippen LogP contribution in [0.1, 0.15) is 73.6 Å². The highest BCUT2D eigenvalue weighted by atomic mass is 14.6. The fraction of sp³-hybridized carbons (Fsp3) is 0.455. The van der Waals surface area contributed by atoms with Crippen LogP contribution in [0.3, 0.4) is 0 Å². The molecule has 0 amide bonds. The summed E-state index contributed by atoms with van der Waals surface area (Å²) in [4.78, 5) is 0. The number of hydrogen-bond acceptors (Lipinski definition) is 1. The molecule has 1 nitrogen and oxygen atoms in total.